The molecule has 0 saturated heterocycles. The lowest BCUT2D eigenvalue weighted by Gasteiger charge is -2.18. The Labute approximate surface area is 516 Å². The molecule has 0 fully saturated rings. The van der Waals surface area contributed by atoms with Crippen molar-refractivity contribution < 1.29 is 28.6 Å². The number of hydrogen-bond donors (Lipinski definition) is 0. The highest BCUT2D eigenvalue weighted by Crippen LogP contribution is 2.18. The molecule has 0 bridgehead atoms. The van der Waals surface area contributed by atoms with Gasteiger partial charge < -0.3 is 14.2 Å². The highest BCUT2D eigenvalue weighted by molar-refractivity contribution is 5.71. The van der Waals surface area contributed by atoms with E-state index in [1.807, 2.05) is 0 Å². The number of unbranched alkanes of at least 4 members (excludes halogenated alkanes) is 44. The van der Waals surface area contributed by atoms with E-state index in [1.54, 1.807) is 0 Å². The van der Waals surface area contributed by atoms with Crippen LogP contribution >= 0.6 is 0 Å². The van der Waals surface area contributed by atoms with Gasteiger partial charge in [-0.15, -0.1) is 0 Å². The standard InChI is InChI=1S/C77H138O6/c1-4-7-10-13-16-19-22-25-28-31-33-35-37-38-40-41-43-46-49-52-55-58-61-64-67-70-76(79)82-73-74(72-81-75(78)69-66-63-60-57-54-51-48-45-30-27-24-21-18-15-12-9-6-3)83-77(80)71-68-65-62-59-56-53-50-47-44-42-39-36-34-32-29-26-23-20-17-14-11-8-5-2/h8,11,17-18,20-21,26-27,29-30,34,36,74H,4-7,9-10,12-16,19,22-25,28,31-33,35,37-73H2,1-3H3/b11-8-,20-17-,21-18-,29-26-,30-27-,36-34-. The van der Waals surface area contributed by atoms with Gasteiger partial charge in [0.05, 0.1) is 0 Å². The molecule has 0 saturated carbocycles. The Hall–Kier alpha value is -3.15. The highest BCUT2D eigenvalue weighted by atomic mass is 16.6. The van der Waals surface area contributed by atoms with Crippen molar-refractivity contribution in [3.63, 3.8) is 0 Å². The second-order valence-electron chi connectivity index (χ2n) is 24.5. The summed E-state index contributed by atoms with van der Waals surface area (Å²) in [4.78, 5) is 38.5. The van der Waals surface area contributed by atoms with Crippen LogP contribution in [0, 0.1) is 0 Å². The fourth-order valence-corrected chi connectivity index (χ4v) is 10.8. The molecule has 0 N–H and O–H groups in total. The largest absolute Gasteiger partial charge is 0.462 e. The predicted octanol–water partition coefficient (Wildman–Crippen LogP) is 25.2. The fourth-order valence-electron chi connectivity index (χ4n) is 10.8. The summed E-state index contributed by atoms with van der Waals surface area (Å²) in [6.07, 6.45) is 93.6. The van der Waals surface area contributed by atoms with E-state index in [9.17, 15) is 14.4 Å². The summed E-state index contributed by atoms with van der Waals surface area (Å²) in [6.45, 7) is 6.56. The summed E-state index contributed by atoms with van der Waals surface area (Å²) in [6, 6.07) is 0. The van der Waals surface area contributed by atoms with Crippen LogP contribution < -0.4 is 0 Å². The third-order valence-corrected chi connectivity index (χ3v) is 16.2. The Morgan fingerprint density at radius 1 is 0.253 bits per heavy atom. The molecule has 0 spiro atoms. The van der Waals surface area contributed by atoms with Crippen LogP contribution in [0.2, 0.25) is 0 Å². The zero-order valence-electron chi connectivity index (χ0n) is 55.5. The maximum Gasteiger partial charge on any atom is 0.306 e. The van der Waals surface area contributed by atoms with Gasteiger partial charge in [0.15, 0.2) is 6.10 Å². The van der Waals surface area contributed by atoms with E-state index >= 15 is 0 Å². The number of esters is 3. The van der Waals surface area contributed by atoms with Gasteiger partial charge in [0.25, 0.3) is 0 Å². The minimum absolute atomic E-state index is 0.0757. The molecule has 1 unspecified atom stereocenters. The molecule has 0 aromatic carbocycles. The normalized spacial score (nSPS) is 12.5. The van der Waals surface area contributed by atoms with Crippen LogP contribution in [0.5, 0.6) is 0 Å². The molecule has 0 aliphatic carbocycles. The average molecular weight is 1160 g/mol. The van der Waals surface area contributed by atoms with Crippen molar-refractivity contribution in [2.24, 2.45) is 0 Å². The summed E-state index contributed by atoms with van der Waals surface area (Å²) in [5.74, 6) is -0.864. The molecule has 6 nitrogen and oxygen atoms in total. The first-order valence-electron chi connectivity index (χ1n) is 36.4. The molecule has 0 aromatic rings. The minimum atomic E-state index is -0.782. The first-order chi connectivity index (χ1) is 41.0. The highest BCUT2D eigenvalue weighted by Gasteiger charge is 2.19. The predicted molar refractivity (Wildman–Crippen MR) is 362 cm³/mol. The zero-order chi connectivity index (χ0) is 59.9. The quantitative estimate of drug-likeness (QED) is 0.0261. The van der Waals surface area contributed by atoms with Gasteiger partial charge in [0, 0.05) is 19.3 Å². The Balaban J connectivity index is 4.32. The second-order valence-corrected chi connectivity index (χ2v) is 24.5. The summed E-state index contributed by atoms with van der Waals surface area (Å²) in [7, 11) is 0. The number of ether oxygens (including phenoxy) is 3. The van der Waals surface area contributed by atoms with Crippen LogP contribution in [0.4, 0.5) is 0 Å². The molecule has 0 aromatic heterocycles. The number of hydrogen-bond acceptors (Lipinski definition) is 6. The van der Waals surface area contributed by atoms with Gasteiger partial charge >= 0.3 is 17.9 Å². The third-order valence-electron chi connectivity index (χ3n) is 16.2. The average Bonchev–Trinajstić information content (AvgIpc) is 3.49. The van der Waals surface area contributed by atoms with Crippen molar-refractivity contribution in [1.29, 1.82) is 0 Å². The molecule has 6 heteroatoms. The number of allylic oxidation sites excluding steroid dienone is 12. The van der Waals surface area contributed by atoms with E-state index in [0.717, 1.165) is 96.3 Å². The Morgan fingerprint density at radius 3 is 0.759 bits per heavy atom. The first kappa shape index (κ1) is 79.8. The van der Waals surface area contributed by atoms with Gasteiger partial charge in [0.1, 0.15) is 13.2 Å². The molecule has 0 rings (SSSR count). The number of carbonyl (C=O) groups is 3. The van der Waals surface area contributed by atoms with E-state index in [-0.39, 0.29) is 31.1 Å². The summed E-state index contributed by atoms with van der Waals surface area (Å²) < 4.78 is 17.0. The van der Waals surface area contributed by atoms with E-state index in [4.69, 9.17) is 14.2 Å². The lowest BCUT2D eigenvalue weighted by Crippen LogP contribution is -2.30. The van der Waals surface area contributed by atoms with Crippen LogP contribution in [-0.4, -0.2) is 37.2 Å². The zero-order valence-corrected chi connectivity index (χ0v) is 55.5. The Morgan fingerprint density at radius 2 is 0.470 bits per heavy atom. The van der Waals surface area contributed by atoms with Crippen molar-refractivity contribution in [1.82, 2.24) is 0 Å². The lowest BCUT2D eigenvalue weighted by atomic mass is 10.0. The molecular formula is C77H138O6. The van der Waals surface area contributed by atoms with E-state index in [0.29, 0.717) is 19.3 Å². The summed E-state index contributed by atoms with van der Waals surface area (Å²) in [5.41, 5.74) is 0. The molecule has 482 valence electrons. The van der Waals surface area contributed by atoms with Gasteiger partial charge in [-0.25, -0.2) is 0 Å². The van der Waals surface area contributed by atoms with Gasteiger partial charge in [-0.05, 0) is 89.9 Å². The molecule has 0 aliphatic heterocycles. The Bertz CT molecular complexity index is 1520. The van der Waals surface area contributed by atoms with Crippen molar-refractivity contribution >= 4 is 17.9 Å². The second kappa shape index (κ2) is 71.3. The van der Waals surface area contributed by atoms with E-state index in [1.165, 1.54) is 244 Å². The van der Waals surface area contributed by atoms with Crippen LogP contribution in [0.25, 0.3) is 0 Å². The van der Waals surface area contributed by atoms with Crippen LogP contribution in [0.1, 0.15) is 380 Å². The Kier molecular flexibility index (Phi) is 68.6. The first-order valence-corrected chi connectivity index (χ1v) is 36.4. The van der Waals surface area contributed by atoms with Crippen molar-refractivity contribution in [2.75, 3.05) is 13.2 Å². The van der Waals surface area contributed by atoms with Crippen LogP contribution in [0.15, 0.2) is 72.9 Å². The van der Waals surface area contributed by atoms with E-state index < -0.39 is 6.10 Å². The molecule has 0 amide bonds. The van der Waals surface area contributed by atoms with E-state index in [2.05, 4.69) is 93.7 Å². The number of carbonyl (C=O) groups excluding carboxylic acids is 3. The molecular weight excluding hydrogens is 1020 g/mol. The molecule has 0 aliphatic rings. The molecule has 83 heavy (non-hydrogen) atoms. The SMILES string of the molecule is CC/C=C\C/C=C\C/C=C\C/C=C\CCCCCCCCCCCCC(=O)OC(COC(=O)CCCCCCCCC/C=C\C/C=C\CCCCC)COC(=O)CCCCCCCCCCCCCCCCCCCCCCCCCCC. The maximum atomic E-state index is 13.0. The molecule has 0 heterocycles. The maximum absolute atomic E-state index is 13.0. The van der Waals surface area contributed by atoms with Crippen LogP contribution in [-0.2, 0) is 28.6 Å². The molecule has 1 atom stereocenters. The smallest absolute Gasteiger partial charge is 0.306 e. The monoisotopic (exact) mass is 1160 g/mol. The summed E-state index contributed by atoms with van der Waals surface area (Å²) >= 11 is 0. The lowest BCUT2D eigenvalue weighted by molar-refractivity contribution is -0.167. The van der Waals surface area contributed by atoms with Crippen molar-refractivity contribution in [2.45, 2.75) is 386 Å². The number of rotatable bonds is 67. The molecule has 0 radical (unpaired) electrons. The van der Waals surface area contributed by atoms with Crippen molar-refractivity contribution in [3.8, 4) is 0 Å². The van der Waals surface area contributed by atoms with Gasteiger partial charge in [-0.2, -0.15) is 0 Å². The fraction of sp³-hybridized carbons (Fsp3) is 0.805. The van der Waals surface area contributed by atoms with Gasteiger partial charge in [0.2, 0.25) is 0 Å². The summed E-state index contributed by atoms with van der Waals surface area (Å²) in [5, 5.41) is 0. The minimum Gasteiger partial charge on any atom is -0.462 e. The van der Waals surface area contributed by atoms with Gasteiger partial charge in [-0.1, -0.05) is 344 Å². The third kappa shape index (κ3) is 69.5. The van der Waals surface area contributed by atoms with Gasteiger partial charge in [-0.3, -0.25) is 14.4 Å². The van der Waals surface area contributed by atoms with Crippen LogP contribution in [0.3, 0.4) is 0 Å². The van der Waals surface area contributed by atoms with Crippen molar-refractivity contribution in [3.05, 3.63) is 72.9 Å². The topological polar surface area (TPSA) is 78.9 Å².